The number of aliphatic carboxylic acids is 1. The van der Waals surface area contributed by atoms with Crippen LogP contribution in [0.2, 0.25) is 0 Å². The second-order valence-electron chi connectivity index (χ2n) is 5.05. The van der Waals surface area contributed by atoms with Crippen LogP contribution in [0.3, 0.4) is 0 Å². The van der Waals surface area contributed by atoms with E-state index in [-0.39, 0.29) is 0 Å². The van der Waals surface area contributed by atoms with Crippen LogP contribution in [0.25, 0.3) is 0 Å². The maximum Gasteiger partial charge on any atom is 0.314 e. The Morgan fingerprint density at radius 1 is 1.10 bits per heavy atom. The summed E-state index contributed by atoms with van der Waals surface area (Å²) in [5.74, 6) is 0.605. The van der Waals surface area contributed by atoms with Crippen LogP contribution in [-0.2, 0) is 10.2 Å². The van der Waals surface area contributed by atoms with Crippen LogP contribution >= 0.6 is 0 Å². The molecule has 0 bridgehead atoms. The van der Waals surface area contributed by atoms with E-state index in [2.05, 4.69) is 5.32 Å². The van der Waals surface area contributed by atoms with Crippen LogP contribution in [0.1, 0.15) is 18.4 Å². The third-order valence-electron chi connectivity index (χ3n) is 4.08. The Bertz CT molecular complexity index is 498. The molecule has 1 aromatic rings. The summed E-state index contributed by atoms with van der Waals surface area (Å²) < 4.78 is 15.9. The van der Waals surface area contributed by atoms with Crippen molar-refractivity contribution in [3.05, 3.63) is 17.7 Å². The number of nitrogens with one attached hydrogen (secondary N) is 1. The molecule has 0 amide bonds. The molecule has 21 heavy (non-hydrogen) atoms. The van der Waals surface area contributed by atoms with Crippen LogP contribution in [0.5, 0.6) is 17.2 Å². The average Bonchev–Trinajstić information content (AvgIpc) is 2.53. The number of hydrogen-bond acceptors (Lipinski definition) is 5. The lowest BCUT2D eigenvalue weighted by molar-refractivity contribution is -0.145. The average molecular weight is 295 g/mol. The molecule has 2 N–H and O–H groups in total. The highest BCUT2D eigenvalue weighted by Crippen LogP contribution is 2.44. The Morgan fingerprint density at radius 2 is 1.62 bits per heavy atom. The number of piperidine rings is 1. The van der Waals surface area contributed by atoms with Gasteiger partial charge in [0.2, 0.25) is 5.75 Å². The summed E-state index contributed by atoms with van der Waals surface area (Å²) in [6, 6.07) is 3.47. The van der Waals surface area contributed by atoms with Crippen molar-refractivity contribution in [2.45, 2.75) is 18.3 Å². The number of methoxy groups -OCH3 is 3. The van der Waals surface area contributed by atoms with E-state index in [1.54, 1.807) is 12.1 Å². The first-order valence-corrected chi connectivity index (χ1v) is 6.83. The van der Waals surface area contributed by atoms with E-state index in [4.69, 9.17) is 14.2 Å². The lowest BCUT2D eigenvalue weighted by Gasteiger charge is -2.34. The minimum Gasteiger partial charge on any atom is -0.493 e. The van der Waals surface area contributed by atoms with Gasteiger partial charge in [-0.15, -0.1) is 0 Å². The highest BCUT2D eigenvalue weighted by atomic mass is 16.5. The Morgan fingerprint density at radius 3 is 2.00 bits per heavy atom. The van der Waals surface area contributed by atoms with Crippen LogP contribution in [0.15, 0.2) is 12.1 Å². The fraction of sp³-hybridized carbons (Fsp3) is 0.533. The molecular weight excluding hydrogens is 274 g/mol. The van der Waals surface area contributed by atoms with Crippen molar-refractivity contribution in [3.63, 3.8) is 0 Å². The van der Waals surface area contributed by atoms with Gasteiger partial charge in [-0.05, 0) is 43.6 Å². The summed E-state index contributed by atoms with van der Waals surface area (Å²) in [4.78, 5) is 11.9. The maximum atomic E-state index is 11.9. The van der Waals surface area contributed by atoms with Crippen molar-refractivity contribution in [2.75, 3.05) is 34.4 Å². The molecule has 2 rings (SSSR count). The first-order valence-electron chi connectivity index (χ1n) is 6.83. The fourth-order valence-corrected chi connectivity index (χ4v) is 2.84. The number of carboxylic acids is 1. The normalized spacial score (nSPS) is 17.1. The first-order chi connectivity index (χ1) is 10.1. The van der Waals surface area contributed by atoms with E-state index in [0.717, 1.165) is 0 Å². The van der Waals surface area contributed by atoms with Gasteiger partial charge in [-0.2, -0.15) is 0 Å². The zero-order valence-corrected chi connectivity index (χ0v) is 12.6. The molecule has 0 spiro atoms. The summed E-state index contributed by atoms with van der Waals surface area (Å²) in [6.07, 6.45) is 1.06. The van der Waals surface area contributed by atoms with Crippen molar-refractivity contribution in [1.82, 2.24) is 5.32 Å². The van der Waals surface area contributed by atoms with Gasteiger partial charge < -0.3 is 24.6 Å². The molecule has 0 saturated carbocycles. The van der Waals surface area contributed by atoms with E-state index < -0.39 is 11.4 Å². The van der Waals surface area contributed by atoms with Gasteiger partial charge >= 0.3 is 5.97 Å². The summed E-state index contributed by atoms with van der Waals surface area (Å²) in [7, 11) is 4.57. The van der Waals surface area contributed by atoms with E-state index in [1.807, 2.05) is 0 Å². The second kappa shape index (κ2) is 6.22. The number of benzene rings is 1. The minimum absolute atomic E-state index is 0.471. The molecule has 6 heteroatoms. The number of rotatable bonds is 5. The van der Waals surface area contributed by atoms with Crippen molar-refractivity contribution in [3.8, 4) is 17.2 Å². The lowest BCUT2D eigenvalue weighted by Crippen LogP contribution is -2.45. The maximum absolute atomic E-state index is 11.9. The fourth-order valence-electron chi connectivity index (χ4n) is 2.84. The van der Waals surface area contributed by atoms with Gasteiger partial charge in [0, 0.05) is 0 Å². The minimum atomic E-state index is -0.919. The first kappa shape index (κ1) is 15.4. The van der Waals surface area contributed by atoms with Crippen molar-refractivity contribution < 1.29 is 24.1 Å². The van der Waals surface area contributed by atoms with Crippen molar-refractivity contribution >= 4 is 5.97 Å². The summed E-state index contributed by atoms with van der Waals surface area (Å²) in [5, 5.41) is 12.9. The predicted molar refractivity (Wildman–Crippen MR) is 77.5 cm³/mol. The highest BCUT2D eigenvalue weighted by Gasteiger charge is 2.42. The Balaban J connectivity index is 2.58. The third-order valence-corrected chi connectivity index (χ3v) is 4.08. The van der Waals surface area contributed by atoms with Crippen LogP contribution < -0.4 is 19.5 Å². The predicted octanol–water partition coefficient (Wildman–Crippen LogP) is 1.42. The third kappa shape index (κ3) is 2.63. The SMILES string of the molecule is COc1cc(C2(C(=O)O)CCNCC2)cc(OC)c1OC. The molecule has 1 fully saturated rings. The van der Waals surface area contributed by atoms with Gasteiger partial charge in [0.05, 0.1) is 26.7 Å². The van der Waals surface area contributed by atoms with Gasteiger partial charge in [-0.3, -0.25) is 4.79 Å². The molecule has 1 heterocycles. The molecule has 6 nitrogen and oxygen atoms in total. The van der Waals surface area contributed by atoms with Crippen LogP contribution in [0, 0.1) is 0 Å². The molecule has 0 aliphatic carbocycles. The number of carboxylic acid groups (broad SMARTS) is 1. The van der Waals surface area contributed by atoms with Crippen LogP contribution in [-0.4, -0.2) is 45.5 Å². The van der Waals surface area contributed by atoms with Crippen LogP contribution in [0.4, 0.5) is 0 Å². The molecule has 116 valence electrons. The lowest BCUT2D eigenvalue weighted by atomic mass is 9.73. The molecule has 1 saturated heterocycles. The molecule has 0 aromatic heterocycles. The Hall–Kier alpha value is -1.95. The molecule has 1 aliphatic heterocycles. The smallest absolute Gasteiger partial charge is 0.314 e. The topological polar surface area (TPSA) is 77.0 Å². The monoisotopic (exact) mass is 295 g/mol. The summed E-state index contributed by atoms with van der Waals surface area (Å²) >= 11 is 0. The molecule has 1 aromatic carbocycles. The molecule has 1 aliphatic rings. The van der Waals surface area contributed by atoms with E-state index in [0.29, 0.717) is 48.7 Å². The standard InChI is InChI=1S/C15H21NO5/c1-19-11-8-10(9-12(20-2)13(11)21-3)15(14(17)18)4-6-16-7-5-15/h8-9,16H,4-7H2,1-3H3,(H,17,18). The van der Waals surface area contributed by atoms with Crippen molar-refractivity contribution in [1.29, 1.82) is 0 Å². The molecular formula is C15H21NO5. The molecule has 0 unspecified atom stereocenters. The quantitative estimate of drug-likeness (QED) is 0.855. The van der Waals surface area contributed by atoms with Gasteiger partial charge in [0.25, 0.3) is 0 Å². The van der Waals surface area contributed by atoms with Gasteiger partial charge in [0.15, 0.2) is 11.5 Å². The van der Waals surface area contributed by atoms with E-state index in [9.17, 15) is 9.90 Å². The number of carbonyl (C=O) groups is 1. The number of hydrogen-bond donors (Lipinski definition) is 2. The highest BCUT2D eigenvalue weighted by molar-refractivity contribution is 5.82. The molecule has 0 radical (unpaired) electrons. The second-order valence-corrected chi connectivity index (χ2v) is 5.05. The number of ether oxygens (including phenoxy) is 3. The van der Waals surface area contributed by atoms with Gasteiger partial charge in [-0.1, -0.05) is 0 Å². The van der Waals surface area contributed by atoms with E-state index in [1.165, 1.54) is 21.3 Å². The van der Waals surface area contributed by atoms with Gasteiger partial charge in [0.1, 0.15) is 0 Å². The van der Waals surface area contributed by atoms with Crippen molar-refractivity contribution in [2.24, 2.45) is 0 Å². The Labute approximate surface area is 124 Å². The summed E-state index contributed by atoms with van der Waals surface area (Å²) in [5.41, 5.74) is -0.232. The van der Waals surface area contributed by atoms with E-state index >= 15 is 0 Å². The molecule has 0 atom stereocenters. The summed E-state index contributed by atoms with van der Waals surface area (Å²) in [6.45, 7) is 1.34. The zero-order valence-electron chi connectivity index (χ0n) is 12.6. The zero-order chi connectivity index (χ0) is 15.5. The van der Waals surface area contributed by atoms with Gasteiger partial charge in [-0.25, -0.2) is 0 Å². The largest absolute Gasteiger partial charge is 0.493 e. The Kier molecular flexibility index (Phi) is 4.57.